The molecule has 2 aromatic heterocycles. The van der Waals surface area contributed by atoms with Crippen LogP contribution >= 0.6 is 0 Å². The summed E-state index contributed by atoms with van der Waals surface area (Å²) >= 11 is 0. The highest BCUT2D eigenvalue weighted by atomic mass is 19.1. The van der Waals surface area contributed by atoms with Gasteiger partial charge in [0.05, 0.1) is 0 Å². The zero-order valence-corrected chi connectivity index (χ0v) is 12.0. The molecule has 0 fully saturated rings. The lowest BCUT2D eigenvalue weighted by atomic mass is 10.1. The maximum Gasteiger partial charge on any atom is 0.140 e. The minimum absolute atomic E-state index is 0.199. The third-order valence-electron chi connectivity index (χ3n) is 3.78. The lowest BCUT2D eigenvalue weighted by molar-refractivity contribution is 0.625. The molecule has 0 bridgehead atoms. The van der Waals surface area contributed by atoms with Gasteiger partial charge in [-0.2, -0.15) is 0 Å². The number of hydrogen-bond acceptors (Lipinski definition) is 2. The zero-order chi connectivity index (χ0) is 14.8. The molecule has 0 unspecified atom stereocenters. The molecule has 0 radical (unpaired) electrons. The highest BCUT2D eigenvalue weighted by Crippen LogP contribution is 2.22. The monoisotopic (exact) mass is 283 g/mol. The highest BCUT2D eigenvalue weighted by Gasteiger charge is 2.10. The van der Waals surface area contributed by atoms with E-state index in [-0.39, 0.29) is 5.82 Å². The lowest BCUT2D eigenvalue weighted by Gasteiger charge is -2.08. The third kappa shape index (κ3) is 2.67. The molecular formula is C17H18FN3. The van der Waals surface area contributed by atoms with Crippen LogP contribution in [0.15, 0.2) is 42.7 Å². The van der Waals surface area contributed by atoms with Gasteiger partial charge in [-0.15, -0.1) is 0 Å². The molecule has 1 aromatic carbocycles. The summed E-state index contributed by atoms with van der Waals surface area (Å²) in [7, 11) is 0. The van der Waals surface area contributed by atoms with Crippen molar-refractivity contribution < 1.29 is 4.39 Å². The molecule has 4 heteroatoms. The maximum atomic E-state index is 13.2. The molecule has 0 aliphatic rings. The van der Waals surface area contributed by atoms with Crippen molar-refractivity contribution in [1.82, 2.24) is 9.55 Å². The van der Waals surface area contributed by atoms with Crippen LogP contribution in [-0.4, -0.2) is 16.1 Å². The van der Waals surface area contributed by atoms with Crippen LogP contribution in [0.4, 0.5) is 4.39 Å². The molecule has 0 saturated carbocycles. The topological polar surface area (TPSA) is 43.8 Å². The fraction of sp³-hybridized carbons (Fsp3) is 0.235. The molecule has 3 rings (SSSR count). The number of benzene rings is 1. The number of aryl methyl sites for hydroxylation is 1. The van der Waals surface area contributed by atoms with Crippen molar-refractivity contribution in [2.45, 2.75) is 19.9 Å². The van der Waals surface area contributed by atoms with Crippen LogP contribution in [0.3, 0.4) is 0 Å². The SMILES string of the molecule is Cc1cc(F)ccc1Cn1cc(CCN)c2cccnc21. The first kappa shape index (κ1) is 13.8. The van der Waals surface area contributed by atoms with Crippen molar-refractivity contribution >= 4 is 11.0 Å². The second kappa shape index (κ2) is 5.66. The number of halogens is 1. The number of aromatic nitrogens is 2. The molecule has 2 N–H and O–H groups in total. The van der Waals surface area contributed by atoms with Gasteiger partial charge in [0.25, 0.3) is 0 Å². The predicted octanol–water partition coefficient (Wildman–Crippen LogP) is 3.03. The van der Waals surface area contributed by atoms with E-state index >= 15 is 0 Å². The van der Waals surface area contributed by atoms with Gasteiger partial charge in [-0.1, -0.05) is 6.07 Å². The summed E-state index contributed by atoms with van der Waals surface area (Å²) in [5.74, 6) is -0.199. The van der Waals surface area contributed by atoms with Crippen molar-refractivity contribution in [2.24, 2.45) is 5.73 Å². The van der Waals surface area contributed by atoms with E-state index in [1.54, 1.807) is 12.3 Å². The summed E-state index contributed by atoms with van der Waals surface area (Å²) in [6, 6.07) is 8.91. The van der Waals surface area contributed by atoms with E-state index in [4.69, 9.17) is 5.73 Å². The number of rotatable bonds is 4. The van der Waals surface area contributed by atoms with E-state index in [0.29, 0.717) is 13.1 Å². The second-order valence-electron chi connectivity index (χ2n) is 5.27. The summed E-state index contributed by atoms with van der Waals surface area (Å²) in [5.41, 5.74) is 9.89. The van der Waals surface area contributed by atoms with Gasteiger partial charge in [-0.05, 0) is 60.8 Å². The van der Waals surface area contributed by atoms with Gasteiger partial charge >= 0.3 is 0 Å². The van der Waals surface area contributed by atoms with Crippen LogP contribution in [0.2, 0.25) is 0 Å². The molecule has 0 aliphatic carbocycles. The average Bonchev–Trinajstić information content (AvgIpc) is 2.81. The van der Waals surface area contributed by atoms with Gasteiger partial charge in [-0.3, -0.25) is 0 Å². The third-order valence-corrected chi connectivity index (χ3v) is 3.78. The van der Waals surface area contributed by atoms with Crippen LogP contribution in [0.25, 0.3) is 11.0 Å². The Kier molecular flexibility index (Phi) is 3.71. The smallest absolute Gasteiger partial charge is 0.140 e. The molecule has 21 heavy (non-hydrogen) atoms. The number of nitrogens with two attached hydrogens (primary N) is 1. The summed E-state index contributed by atoms with van der Waals surface area (Å²) < 4.78 is 15.3. The van der Waals surface area contributed by atoms with Gasteiger partial charge in [-0.25, -0.2) is 9.37 Å². The van der Waals surface area contributed by atoms with Gasteiger partial charge in [0.15, 0.2) is 0 Å². The molecule has 0 aliphatic heterocycles. The Morgan fingerprint density at radius 1 is 1.24 bits per heavy atom. The highest BCUT2D eigenvalue weighted by molar-refractivity contribution is 5.80. The van der Waals surface area contributed by atoms with E-state index in [0.717, 1.165) is 28.6 Å². The molecule has 3 nitrogen and oxygen atoms in total. The van der Waals surface area contributed by atoms with Crippen LogP contribution in [0.1, 0.15) is 16.7 Å². The number of nitrogens with zero attached hydrogens (tertiary/aromatic N) is 2. The molecule has 108 valence electrons. The predicted molar refractivity (Wildman–Crippen MR) is 82.7 cm³/mol. The van der Waals surface area contributed by atoms with Crippen LogP contribution in [-0.2, 0) is 13.0 Å². The van der Waals surface area contributed by atoms with Crippen molar-refractivity contribution in [3.63, 3.8) is 0 Å². The minimum Gasteiger partial charge on any atom is -0.330 e. The largest absolute Gasteiger partial charge is 0.330 e. The maximum absolute atomic E-state index is 13.2. The van der Waals surface area contributed by atoms with Crippen molar-refractivity contribution in [3.8, 4) is 0 Å². The molecule has 0 amide bonds. The fourth-order valence-corrected chi connectivity index (χ4v) is 2.69. The summed E-state index contributed by atoms with van der Waals surface area (Å²) in [6.45, 7) is 3.23. The average molecular weight is 283 g/mol. The summed E-state index contributed by atoms with van der Waals surface area (Å²) in [4.78, 5) is 4.48. The number of fused-ring (bicyclic) bond motifs is 1. The standard InChI is InChI=1S/C17H18FN3/c1-12-9-15(18)5-4-13(12)10-21-11-14(6-7-19)16-3-2-8-20-17(16)21/h2-5,8-9,11H,6-7,10,19H2,1H3. The molecule has 0 saturated heterocycles. The Labute approximate surface area is 123 Å². The van der Waals surface area contributed by atoms with Crippen LogP contribution in [0.5, 0.6) is 0 Å². The zero-order valence-electron chi connectivity index (χ0n) is 12.0. The van der Waals surface area contributed by atoms with Crippen molar-refractivity contribution in [1.29, 1.82) is 0 Å². The van der Waals surface area contributed by atoms with E-state index in [9.17, 15) is 4.39 Å². The Morgan fingerprint density at radius 2 is 2.10 bits per heavy atom. The van der Waals surface area contributed by atoms with Gasteiger partial charge in [0, 0.05) is 24.3 Å². The van der Waals surface area contributed by atoms with E-state index in [2.05, 4.69) is 21.8 Å². The normalized spacial score (nSPS) is 11.2. The second-order valence-corrected chi connectivity index (χ2v) is 5.27. The number of hydrogen-bond donors (Lipinski definition) is 1. The lowest BCUT2D eigenvalue weighted by Crippen LogP contribution is -2.03. The quantitative estimate of drug-likeness (QED) is 0.800. The minimum atomic E-state index is -0.199. The van der Waals surface area contributed by atoms with Crippen LogP contribution in [0, 0.1) is 12.7 Å². The summed E-state index contributed by atoms with van der Waals surface area (Å²) in [6.07, 6.45) is 4.73. The Hall–Kier alpha value is -2.20. The van der Waals surface area contributed by atoms with Crippen LogP contribution < -0.4 is 5.73 Å². The Bertz CT molecular complexity index is 777. The van der Waals surface area contributed by atoms with E-state index in [1.165, 1.54) is 11.6 Å². The Morgan fingerprint density at radius 3 is 2.86 bits per heavy atom. The van der Waals surface area contributed by atoms with Crippen molar-refractivity contribution in [2.75, 3.05) is 6.54 Å². The summed E-state index contributed by atoms with van der Waals surface area (Å²) in [5, 5.41) is 1.14. The molecule has 3 aromatic rings. The van der Waals surface area contributed by atoms with Gasteiger partial charge < -0.3 is 10.3 Å². The molecule has 0 atom stereocenters. The molecule has 2 heterocycles. The van der Waals surface area contributed by atoms with E-state index < -0.39 is 0 Å². The number of pyridine rings is 1. The van der Waals surface area contributed by atoms with Gasteiger partial charge in [0.2, 0.25) is 0 Å². The fourth-order valence-electron chi connectivity index (χ4n) is 2.69. The van der Waals surface area contributed by atoms with E-state index in [1.807, 2.05) is 19.1 Å². The van der Waals surface area contributed by atoms with Gasteiger partial charge in [0.1, 0.15) is 11.5 Å². The molecular weight excluding hydrogens is 265 g/mol. The Balaban J connectivity index is 2.04. The first-order valence-corrected chi connectivity index (χ1v) is 7.07. The van der Waals surface area contributed by atoms with Crippen molar-refractivity contribution in [3.05, 3.63) is 65.2 Å². The first-order valence-electron chi connectivity index (χ1n) is 7.07. The first-order chi connectivity index (χ1) is 10.2. The molecule has 0 spiro atoms.